The second kappa shape index (κ2) is 7.55. The summed E-state index contributed by atoms with van der Waals surface area (Å²) in [6.07, 6.45) is 9.11. The number of carboxylic acid groups (broad SMARTS) is 1. The molecule has 0 aliphatic heterocycles. The van der Waals surface area contributed by atoms with Crippen LogP contribution in [0.3, 0.4) is 0 Å². The Balaban J connectivity index is 1.64. The minimum absolute atomic E-state index is 0.0619. The summed E-state index contributed by atoms with van der Waals surface area (Å²) >= 11 is 0. The van der Waals surface area contributed by atoms with Gasteiger partial charge in [-0.2, -0.15) is 0 Å². The van der Waals surface area contributed by atoms with Gasteiger partial charge in [-0.25, -0.2) is 0 Å². The Morgan fingerprint density at radius 1 is 1.11 bits per heavy atom. The first-order valence-electron chi connectivity index (χ1n) is 13.5. The molecule has 35 heavy (non-hydrogen) atoms. The van der Waals surface area contributed by atoms with E-state index in [4.69, 9.17) is 0 Å². The van der Waals surface area contributed by atoms with E-state index in [2.05, 4.69) is 40.3 Å². The third-order valence-corrected chi connectivity index (χ3v) is 12.6. The number of aliphatic hydroxyl groups excluding tert-OH is 3. The quantitative estimate of drug-likeness (QED) is 0.425. The lowest BCUT2D eigenvalue weighted by molar-refractivity contribution is -0.242. The minimum atomic E-state index is -0.924. The maximum atomic E-state index is 12.7. The lowest BCUT2D eigenvalue weighted by Gasteiger charge is -2.71. The second-order valence-corrected chi connectivity index (χ2v) is 13.7. The normalized spacial score (nSPS) is 55.2. The lowest BCUT2D eigenvalue weighted by Crippen LogP contribution is -2.68. The molecule has 3 fully saturated rings. The molecule has 5 aliphatic carbocycles. The van der Waals surface area contributed by atoms with Gasteiger partial charge in [0.1, 0.15) is 0 Å². The fourth-order valence-corrected chi connectivity index (χ4v) is 10.3. The summed E-state index contributed by atoms with van der Waals surface area (Å²) in [5.41, 5.74) is 0.254. The molecule has 0 bridgehead atoms. The highest BCUT2D eigenvalue weighted by atomic mass is 16.4. The average Bonchev–Trinajstić information content (AvgIpc) is 2.80. The molecular formula is C30H44O5. The SMILES string of the molecule is C=C1C=C[C@]2(C(=O)O)CC[C@]3(C)C(=CC[C@@H]4[C@@]5(C)C[C@@H](O)[C@@H](O)[C@@](C)(CO)[C@@H]5CC[C@]43C)[C@@H]2[C@H]1C. The second-order valence-electron chi connectivity index (χ2n) is 13.7. The average molecular weight is 485 g/mol. The minimum Gasteiger partial charge on any atom is -0.481 e. The van der Waals surface area contributed by atoms with Crippen LogP contribution in [0.1, 0.15) is 73.1 Å². The number of fused-ring (bicyclic) bond motifs is 7. The Morgan fingerprint density at radius 3 is 2.43 bits per heavy atom. The summed E-state index contributed by atoms with van der Waals surface area (Å²) in [4.78, 5) is 12.7. The third kappa shape index (κ3) is 2.84. The van der Waals surface area contributed by atoms with Gasteiger partial charge in [0, 0.05) is 11.3 Å². The molecule has 0 aromatic rings. The fourth-order valence-electron chi connectivity index (χ4n) is 10.3. The molecule has 0 radical (unpaired) electrons. The molecule has 0 aromatic carbocycles. The molecule has 0 aromatic heterocycles. The molecule has 194 valence electrons. The molecule has 0 spiro atoms. The zero-order valence-corrected chi connectivity index (χ0v) is 22.1. The molecule has 5 nitrogen and oxygen atoms in total. The van der Waals surface area contributed by atoms with Gasteiger partial charge in [0.2, 0.25) is 0 Å². The Hall–Kier alpha value is -1.43. The summed E-state index contributed by atoms with van der Waals surface area (Å²) in [5.74, 6) is -0.356. The van der Waals surface area contributed by atoms with E-state index in [1.165, 1.54) is 5.57 Å². The number of hydrogen-bond donors (Lipinski definition) is 4. The molecule has 0 heterocycles. The van der Waals surface area contributed by atoms with Gasteiger partial charge in [-0.15, -0.1) is 0 Å². The summed E-state index contributed by atoms with van der Waals surface area (Å²) in [7, 11) is 0. The number of hydrogen-bond acceptors (Lipinski definition) is 4. The number of aliphatic carboxylic acids is 1. The van der Waals surface area contributed by atoms with E-state index in [-0.39, 0.29) is 46.5 Å². The fraction of sp³-hybridized carbons (Fsp3) is 0.767. The van der Waals surface area contributed by atoms with Crippen molar-refractivity contribution < 1.29 is 25.2 Å². The van der Waals surface area contributed by atoms with Crippen molar-refractivity contribution in [3.63, 3.8) is 0 Å². The van der Waals surface area contributed by atoms with Crippen LogP contribution in [0.25, 0.3) is 0 Å². The van der Waals surface area contributed by atoms with Crippen LogP contribution in [0.4, 0.5) is 0 Å². The number of carboxylic acids is 1. The Kier molecular flexibility index (Phi) is 5.44. The zero-order valence-electron chi connectivity index (χ0n) is 22.1. The summed E-state index contributed by atoms with van der Waals surface area (Å²) in [6, 6.07) is 0. The molecule has 5 heteroatoms. The van der Waals surface area contributed by atoms with E-state index in [1.807, 2.05) is 19.1 Å². The predicted octanol–water partition coefficient (Wildman–Crippen LogP) is 4.73. The summed E-state index contributed by atoms with van der Waals surface area (Å²) in [5, 5.41) is 42.7. The molecule has 0 unspecified atom stereocenters. The van der Waals surface area contributed by atoms with Gasteiger partial charge in [-0.3, -0.25) is 4.79 Å². The highest BCUT2D eigenvalue weighted by molar-refractivity contribution is 5.80. The van der Waals surface area contributed by atoms with Gasteiger partial charge in [0.25, 0.3) is 0 Å². The van der Waals surface area contributed by atoms with Crippen molar-refractivity contribution in [2.75, 3.05) is 6.61 Å². The van der Waals surface area contributed by atoms with E-state index < -0.39 is 29.0 Å². The first-order valence-corrected chi connectivity index (χ1v) is 13.5. The Bertz CT molecular complexity index is 1010. The van der Waals surface area contributed by atoms with Gasteiger partial charge >= 0.3 is 5.97 Å². The standard InChI is InChI=1S/C30H44O5/c1-17-9-12-30(25(34)35)14-13-28(5)19(23(30)18(17)2)7-8-22-26(3)15-20(32)24(33)27(4,16-31)21(26)10-11-29(22,28)6/h7,9,12,18,20-24,31-33H,1,8,10-11,13-16H2,2-6H3,(H,34,35)/t18-,20+,21+,22+,23-,24+,26-,27-,28+,29+,30-/m0/s1. The van der Waals surface area contributed by atoms with E-state index in [1.54, 1.807) is 0 Å². The summed E-state index contributed by atoms with van der Waals surface area (Å²) < 4.78 is 0. The Morgan fingerprint density at radius 2 is 1.80 bits per heavy atom. The van der Waals surface area contributed by atoms with Gasteiger partial charge in [0.05, 0.1) is 24.2 Å². The van der Waals surface area contributed by atoms with Crippen LogP contribution in [-0.4, -0.2) is 45.2 Å². The largest absolute Gasteiger partial charge is 0.481 e. The molecule has 4 N–H and O–H groups in total. The van der Waals surface area contributed by atoms with Gasteiger partial charge < -0.3 is 20.4 Å². The third-order valence-electron chi connectivity index (χ3n) is 12.6. The maximum Gasteiger partial charge on any atom is 0.314 e. The van der Waals surface area contributed by atoms with Crippen LogP contribution in [-0.2, 0) is 4.79 Å². The molecule has 5 aliphatic rings. The van der Waals surface area contributed by atoms with Crippen LogP contribution < -0.4 is 0 Å². The number of aliphatic hydroxyl groups is 3. The number of carbonyl (C=O) groups is 1. The Labute approximate surface area is 210 Å². The predicted molar refractivity (Wildman–Crippen MR) is 135 cm³/mol. The van der Waals surface area contributed by atoms with Crippen LogP contribution >= 0.6 is 0 Å². The topological polar surface area (TPSA) is 98.0 Å². The monoisotopic (exact) mass is 484 g/mol. The first-order chi connectivity index (χ1) is 16.2. The van der Waals surface area contributed by atoms with Crippen molar-refractivity contribution in [3.05, 3.63) is 36.0 Å². The van der Waals surface area contributed by atoms with Crippen molar-refractivity contribution in [3.8, 4) is 0 Å². The molecule has 0 amide bonds. The van der Waals surface area contributed by atoms with Crippen LogP contribution in [0, 0.1) is 50.7 Å². The lowest BCUT2D eigenvalue weighted by atomic mass is 9.33. The number of rotatable bonds is 2. The van der Waals surface area contributed by atoms with Crippen molar-refractivity contribution in [2.45, 2.75) is 85.4 Å². The zero-order chi connectivity index (χ0) is 25.8. The van der Waals surface area contributed by atoms with E-state index >= 15 is 0 Å². The van der Waals surface area contributed by atoms with Crippen molar-refractivity contribution in [1.82, 2.24) is 0 Å². The van der Waals surface area contributed by atoms with Gasteiger partial charge in [0.15, 0.2) is 0 Å². The maximum absolute atomic E-state index is 12.7. The van der Waals surface area contributed by atoms with Gasteiger partial charge in [-0.05, 0) is 72.5 Å². The molecule has 11 atom stereocenters. The molecule has 0 saturated heterocycles. The van der Waals surface area contributed by atoms with E-state index in [0.29, 0.717) is 12.8 Å². The number of allylic oxidation sites excluding steroid dienone is 4. The molecule has 3 saturated carbocycles. The highest BCUT2D eigenvalue weighted by Gasteiger charge is 2.70. The van der Waals surface area contributed by atoms with Crippen molar-refractivity contribution in [2.24, 2.45) is 50.7 Å². The van der Waals surface area contributed by atoms with Crippen LogP contribution in [0.5, 0.6) is 0 Å². The molecular weight excluding hydrogens is 440 g/mol. The van der Waals surface area contributed by atoms with Gasteiger partial charge in [-0.1, -0.05) is 70.6 Å². The van der Waals surface area contributed by atoms with Crippen LogP contribution in [0.2, 0.25) is 0 Å². The van der Waals surface area contributed by atoms with E-state index in [0.717, 1.165) is 31.3 Å². The highest BCUT2D eigenvalue weighted by Crippen LogP contribution is 2.75. The first kappa shape index (κ1) is 25.2. The van der Waals surface area contributed by atoms with Crippen molar-refractivity contribution in [1.29, 1.82) is 0 Å². The summed E-state index contributed by atoms with van der Waals surface area (Å²) in [6.45, 7) is 15.3. The van der Waals surface area contributed by atoms with Crippen LogP contribution in [0.15, 0.2) is 36.0 Å². The smallest absolute Gasteiger partial charge is 0.314 e. The molecule has 5 rings (SSSR count). The van der Waals surface area contributed by atoms with Crippen molar-refractivity contribution >= 4 is 5.97 Å². The van der Waals surface area contributed by atoms with E-state index in [9.17, 15) is 25.2 Å².